The molecule has 1 aromatic carbocycles. The van der Waals surface area contributed by atoms with Gasteiger partial charge in [-0.25, -0.2) is 0 Å². The van der Waals surface area contributed by atoms with Gasteiger partial charge >= 0.3 is 0 Å². The molecule has 0 bridgehead atoms. The summed E-state index contributed by atoms with van der Waals surface area (Å²) in [4.78, 5) is 24.8. The molecule has 6 heteroatoms. The van der Waals surface area contributed by atoms with Gasteiger partial charge in [0.25, 0.3) is 5.91 Å². The van der Waals surface area contributed by atoms with Gasteiger partial charge in [0.1, 0.15) is 0 Å². The van der Waals surface area contributed by atoms with Gasteiger partial charge in [-0.05, 0) is 43.7 Å². The minimum atomic E-state index is -0.188. The van der Waals surface area contributed by atoms with Crippen LogP contribution in [0.1, 0.15) is 51.2 Å². The zero-order chi connectivity index (χ0) is 17.1. The van der Waals surface area contributed by atoms with Crippen molar-refractivity contribution in [1.29, 1.82) is 0 Å². The number of thiophene rings is 1. The SMILES string of the molecule is CC(=O)c1ccc(C(=O)N[C@@H](C)c2ccc3c(c2)OCCCO3)s1. The first-order chi connectivity index (χ1) is 11.5. The molecule has 1 aromatic heterocycles. The summed E-state index contributed by atoms with van der Waals surface area (Å²) in [6.45, 7) is 4.68. The summed E-state index contributed by atoms with van der Waals surface area (Å²) in [5, 5.41) is 2.95. The summed E-state index contributed by atoms with van der Waals surface area (Å²) < 4.78 is 11.3. The van der Waals surface area contributed by atoms with E-state index in [1.807, 2.05) is 25.1 Å². The van der Waals surface area contributed by atoms with Crippen molar-refractivity contribution in [2.24, 2.45) is 0 Å². The summed E-state index contributed by atoms with van der Waals surface area (Å²) in [6, 6.07) is 8.88. The van der Waals surface area contributed by atoms with E-state index in [-0.39, 0.29) is 17.7 Å². The van der Waals surface area contributed by atoms with Crippen LogP contribution in [0.3, 0.4) is 0 Å². The Kier molecular flexibility index (Phi) is 4.85. The van der Waals surface area contributed by atoms with E-state index < -0.39 is 0 Å². The molecule has 5 nitrogen and oxygen atoms in total. The number of rotatable bonds is 4. The van der Waals surface area contributed by atoms with Crippen LogP contribution in [-0.2, 0) is 0 Å². The Hall–Kier alpha value is -2.34. The van der Waals surface area contributed by atoms with Crippen LogP contribution in [0.5, 0.6) is 11.5 Å². The number of hydrogen-bond acceptors (Lipinski definition) is 5. The van der Waals surface area contributed by atoms with Crippen molar-refractivity contribution < 1.29 is 19.1 Å². The van der Waals surface area contributed by atoms with Crippen molar-refractivity contribution in [3.63, 3.8) is 0 Å². The maximum absolute atomic E-state index is 12.3. The average Bonchev–Trinajstić information content (AvgIpc) is 2.94. The number of amides is 1. The first-order valence-corrected chi connectivity index (χ1v) is 8.67. The third kappa shape index (κ3) is 3.59. The summed E-state index contributed by atoms with van der Waals surface area (Å²) in [5.41, 5.74) is 0.941. The van der Waals surface area contributed by atoms with Crippen molar-refractivity contribution in [1.82, 2.24) is 5.32 Å². The molecule has 0 unspecified atom stereocenters. The van der Waals surface area contributed by atoms with Gasteiger partial charge in [0.15, 0.2) is 17.3 Å². The molecule has 0 radical (unpaired) electrons. The summed E-state index contributed by atoms with van der Waals surface area (Å²) in [7, 11) is 0. The van der Waals surface area contributed by atoms with E-state index in [0.717, 1.165) is 17.7 Å². The van der Waals surface area contributed by atoms with Crippen LogP contribution in [0.15, 0.2) is 30.3 Å². The molecule has 24 heavy (non-hydrogen) atoms. The zero-order valence-electron chi connectivity index (χ0n) is 13.6. The predicted molar refractivity (Wildman–Crippen MR) is 92.3 cm³/mol. The smallest absolute Gasteiger partial charge is 0.261 e. The predicted octanol–water partition coefficient (Wildman–Crippen LogP) is 3.60. The fourth-order valence-corrected chi connectivity index (χ4v) is 3.25. The second kappa shape index (κ2) is 7.05. The number of fused-ring (bicyclic) bond motifs is 1. The Morgan fingerprint density at radius 3 is 2.50 bits per heavy atom. The standard InChI is InChI=1S/C18H19NO4S/c1-11(19-18(21)17-7-6-16(24-17)12(2)20)13-4-5-14-15(10-13)23-9-3-8-22-14/h4-7,10-11H,3,8-9H2,1-2H3,(H,19,21)/t11-/m0/s1. The number of nitrogens with one attached hydrogen (secondary N) is 1. The largest absolute Gasteiger partial charge is 0.490 e. The fraction of sp³-hybridized carbons (Fsp3) is 0.333. The Balaban J connectivity index is 1.72. The lowest BCUT2D eigenvalue weighted by atomic mass is 10.1. The number of ketones is 1. The first kappa shape index (κ1) is 16.5. The van der Waals surface area contributed by atoms with Gasteiger partial charge in [-0.3, -0.25) is 9.59 Å². The van der Waals surface area contributed by atoms with Crippen LogP contribution in [0.25, 0.3) is 0 Å². The lowest BCUT2D eigenvalue weighted by Gasteiger charge is -2.16. The molecule has 0 fully saturated rings. The van der Waals surface area contributed by atoms with Gasteiger partial charge in [-0.15, -0.1) is 11.3 Å². The summed E-state index contributed by atoms with van der Waals surface area (Å²) >= 11 is 1.21. The number of Topliss-reactive ketones (excluding diaryl/α,β-unsaturated/α-hetero) is 1. The van der Waals surface area contributed by atoms with Gasteiger partial charge in [0.05, 0.1) is 29.0 Å². The molecular formula is C18H19NO4S. The number of benzene rings is 1. The molecular weight excluding hydrogens is 326 g/mol. The lowest BCUT2D eigenvalue weighted by molar-refractivity contribution is 0.0943. The van der Waals surface area contributed by atoms with Crippen LogP contribution < -0.4 is 14.8 Å². The van der Waals surface area contributed by atoms with Crippen molar-refractivity contribution in [3.05, 3.63) is 45.6 Å². The van der Waals surface area contributed by atoms with Gasteiger partial charge < -0.3 is 14.8 Å². The molecule has 1 aliphatic heterocycles. The van der Waals surface area contributed by atoms with Crippen LogP contribution in [0, 0.1) is 0 Å². The van der Waals surface area contributed by atoms with E-state index >= 15 is 0 Å². The third-order valence-corrected chi connectivity index (χ3v) is 4.98. The van der Waals surface area contributed by atoms with Crippen molar-refractivity contribution in [3.8, 4) is 11.5 Å². The monoisotopic (exact) mass is 345 g/mol. The highest BCUT2D eigenvalue weighted by atomic mass is 32.1. The maximum atomic E-state index is 12.3. The highest BCUT2D eigenvalue weighted by Gasteiger charge is 2.17. The molecule has 3 rings (SSSR count). The van der Waals surface area contributed by atoms with Crippen molar-refractivity contribution in [2.75, 3.05) is 13.2 Å². The van der Waals surface area contributed by atoms with Gasteiger partial charge in [-0.1, -0.05) is 6.07 Å². The fourth-order valence-electron chi connectivity index (χ4n) is 2.45. The molecule has 0 saturated carbocycles. The summed E-state index contributed by atoms with van der Waals surface area (Å²) in [5.74, 6) is 1.22. The highest BCUT2D eigenvalue weighted by Crippen LogP contribution is 2.32. The average molecular weight is 345 g/mol. The highest BCUT2D eigenvalue weighted by molar-refractivity contribution is 7.15. The minimum Gasteiger partial charge on any atom is -0.490 e. The Morgan fingerprint density at radius 1 is 1.08 bits per heavy atom. The topological polar surface area (TPSA) is 64.6 Å². The van der Waals surface area contributed by atoms with E-state index in [1.54, 1.807) is 12.1 Å². The molecule has 1 aliphatic rings. The van der Waals surface area contributed by atoms with Crippen LogP contribution in [0.4, 0.5) is 0 Å². The van der Waals surface area contributed by atoms with E-state index in [4.69, 9.17) is 9.47 Å². The Morgan fingerprint density at radius 2 is 1.79 bits per heavy atom. The molecule has 1 N–H and O–H groups in total. The minimum absolute atomic E-state index is 0.0324. The second-order valence-corrected chi connectivity index (χ2v) is 6.76. The van der Waals surface area contributed by atoms with E-state index in [1.165, 1.54) is 18.3 Å². The van der Waals surface area contributed by atoms with Crippen LogP contribution in [-0.4, -0.2) is 24.9 Å². The van der Waals surface area contributed by atoms with E-state index in [2.05, 4.69) is 5.32 Å². The maximum Gasteiger partial charge on any atom is 0.261 e. The third-order valence-electron chi connectivity index (χ3n) is 3.80. The number of hydrogen-bond donors (Lipinski definition) is 1. The molecule has 0 spiro atoms. The van der Waals surface area contributed by atoms with Crippen molar-refractivity contribution >= 4 is 23.0 Å². The number of carbonyl (C=O) groups is 2. The quantitative estimate of drug-likeness (QED) is 0.860. The lowest BCUT2D eigenvalue weighted by Crippen LogP contribution is -2.25. The van der Waals surface area contributed by atoms with E-state index in [0.29, 0.717) is 28.7 Å². The van der Waals surface area contributed by atoms with Gasteiger partial charge in [0.2, 0.25) is 0 Å². The second-order valence-electron chi connectivity index (χ2n) is 5.67. The molecule has 0 saturated heterocycles. The zero-order valence-corrected chi connectivity index (χ0v) is 14.4. The Bertz CT molecular complexity index is 768. The number of carbonyl (C=O) groups excluding carboxylic acids is 2. The van der Waals surface area contributed by atoms with Gasteiger partial charge in [0, 0.05) is 6.42 Å². The first-order valence-electron chi connectivity index (χ1n) is 7.86. The molecule has 2 heterocycles. The molecule has 0 aliphatic carbocycles. The summed E-state index contributed by atoms with van der Waals surface area (Å²) in [6.07, 6.45) is 0.854. The van der Waals surface area contributed by atoms with E-state index in [9.17, 15) is 9.59 Å². The molecule has 1 atom stereocenters. The van der Waals surface area contributed by atoms with Crippen molar-refractivity contribution in [2.45, 2.75) is 26.3 Å². The molecule has 126 valence electrons. The van der Waals surface area contributed by atoms with Crippen LogP contribution in [0.2, 0.25) is 0 Å². The Labute approximate surface area is 144 Å². The van der Waals surface area contributed by atoms with Crippen LogP contribution >= 0.6 is 11.3 Å². The number of ether oxygens (including phenoxy) is 2. The normalized spacial score (nSPS) is 14.6. The molecule has 2 aromatic rings. The molecule has 1 amide bonds. The van der Waals surface area contributed by atoms with Gasteiger partial charge in [-0.2, -0.15) is 0 Å².